The molecule has 0 saturated carbocycles. The average molecular weight is 1020 g/mol. The topological polar surface area (TPSA) is 136 Å². The van der Waals surface area contributed by atoms with Gasteiger partial charge in [0.2, 0.25) is 11.8 Å². The summed E-state index contributed by atoms with van der Waals surface area (Å²) in [5.41, 5.74) is 4.93. The maximum absolute atomic E-state index is 13.7. The van der Waals surface area contributed by atoms with Gasteiger partial charge in [0.1, 0.15) is 34.8 Å². The molecule has 2 heterocycles. The minimum Gasteiger partial charge on any atom is -0.484 e. The van der Waals surface area contributed by atoms with Gasteiger partial charge in [0, 0.05) is 24.5 Å². The minimum atomic E-state index is -0.395. The van der Waals surface area contributed by atoms with Crippen LogP contribution in [-0.2, 0) is 41.5 Å². The molecule has 8 rings (SSSR count). The van der Waals surface area contributed by atoms with Crippen molar-refractivity contribution in [2.75, 3.05) is 62.5 Å². The number of rotatable bonds is 27. The zero-order valence-corrected chi connectivity index (χ0v) is 40.7. The van der Waals surface area contributed by atoms with Crippen LogP contribution >= 0.6 is 0 Å². The van der Waals surface area contributed by atoms with Crippen LogP contribution in [0.1, 0.15) is 60.0 Å². The van der Waals surface area contributed by atoms with E-state index in [0.29, 0.717) is 48.6 Å². The third-order valence-electron chi connectivity index (χ3n) is 13.1. The number of halogens is 4. The molecule has 0 bridgehead atoms. The molecule has 386 valence electrons. The Morgan fingerprint density at radius 2 is 0.784 bits per heavy atom. The van der Waals surface area contributed by atoms with Gasteiger partial charge >= 0.3 is 0 Å². The first kappa shape index (κ1) is 52.8. The predicted octanol–water partition coefficient (Wildman–Crippen LogP) is 9.42. The second kappa shape index (κ2) is 25.9. The number of nitrogens with zero attached hydrogens (tertiary/aromatic N) is 2. The van der Waals surface area contributed by atoms with Crippen LogP contribution in [0.4, 0.5) is 28.9 Å². The van der Waals surface area contributed by atoms with Crippen molar-refractivity contribution in [3.63, 3.8) is 0 Å². The first-order valence-corrected chi connectivity index (χ1v) is 24.8. The van der Waals surface area contributed by atoms with Crippen LogP contribution < -0.4 is 29.9 Å². The highest BCUT2D eigenvalue weighted by Crippen LogP contribution is 2.47. The summed E-state index contributed by atoms with van der Waals surface area (Å²) < 4.78 is 76.8. The highest BCUT2D eigenvalue weighted by atomic mass is 19.1. The minimum absolute atomic E-state index is 0.0483. The zero-order chi connectivity index (χ0) is 51.8. The number of aryl methyl sites for hydroxylation is 2. The Morgan fingerprint density at radius 1 is 0.446 bits per heavy atom. The van der Waals surface area contributed by atoms with Gasteiger partial charge in [-0.25, -0.2) is 17.6 Å². The fourth-order valence-electron chi connectivity index (χ4n) is 9.33. The van der Waals surface area contributed by atoms with E-state index in [-0.39, 0.29) is 112 Å². The molecule has 0 unspecified atom stereocenters. The lowest BCUT2D eigenvalue weighted by Crippen LogP contribution is -2.55. The molecule has 2 aliphatic heterocycles. The molecule has 74 heavy (non-hydrogen) atoms. The van der Waals surface area contributed by atoms with E-state index in [1.165, 1.54) is 48.5 Å². The van der Waals surface area contributed by atoms with Gasteiger partial charge < -0.3 is 39.4 Å². The van der Waals surface area contributed by atoms with Gasteiger partial charge in [-0.15, -0.1) is 0 Å². The molecule has 16 heteroatoms. The number of carbonyl (C=O) groups excluding carboxylic acids is 4. The monoisotopic (exact) mass is 1010 g/mol. The summed E-state index contributed by atoms with van der Waals surface area (Å²) in [5.74, 6) is -1.78. The number of ether oxygens (including phenoxy) is 4. The molecular formula is C58H58F4N4O8. The molecule has 0 spiro atoms. The van der Waals surface area contributed by atoms with Crippen molar-refractivity contribution in [2.45, 2.75) is 50.6 Å². The summed E-state index contributed by atoms with van der Waals surface area (Å²) in [6.07, 6.45) is 4.10. The molecule has 0 radical (unpaired) electrons. The van der Waals surface area contributed by atoms with Crippen molar-refractivity contribution in [1.29, 1.82) is 0 Å². The van der Waals surface area contributed by atoms with E-state index in [9.17, 15) is 36.7 Å². The van der Waals surface area contributed by atoms with Crippen molar-refractivity contribution in [3.8, 4) is 11.5 Å². The predicted molar refractivity (Wildman–Crippen MR) is 270 cm³/mol. The average Bonchev–Trinajstić information content (AvgIpc) is 3.42. The van der Waals surface area contributed by atoms with Crippen molar-refractivity contribution in [1.82, 2.24) is 10.6 Å². The molecular weight excluding hydrogens is 957 g/mol. The second-order valence-electron chi connectivity index (χ2n) is 18.1. The Balaban J connectivity index is 0.680. The Kier molecular flexibility index (Phi) is 18.5. The van der Waals surface area contributed by atoms with Crippen molar-refractivity contribution in [2.24, 2.45) is 11.8 Å². The molecule has 4 amide bonds. The van der Waals surface area contributed by atoms with Crippen LogP contribution in [-0.4, -0.2) is 76.4 Å². The van der Waals surface area contributed by atoms with E-state index < -0.39 is 11.6 Å². The molecule has 2 fully saturated rings. The summed E-state index contributed by atoms with van der Waals surface area (Å²) in [7, 11) is 0. The van der Waals surface area contributed by atoms with Gasteiger partial charge in [-0.05, 0) is 158 Å². The number of β-lactam (4-membered cyclic amide) rings is 2. The summed E-state index contributed by atoms with van der Waals surface area (Å²) in [6.45, 7) is 1.14. The van der Waals surface area contributed by atoms with Gasteiger partial charge in [0.15, 0.2) is 13.2 Å². The fourth-order valence-corrected chi connectivity index (χ4v) is 9.33. The Labute approximate surface area is 427 Å². The lowest BCUT2D eigenvalue weighted by molar-refractivity contribution is -0.131. The zero-order valence-electron chi connectivity index (χ0n) is 40.7. The Bertz CT molecular complexity index is 2590. The van der Waals surface area contributed by atoms with E-state index in [1.54, 1.807) is 82.6 Å². The second-order valence-corrected chi connectivity index (χ2v) is 18.1. The van der Waals surface area contributed by atoms with E-state index in [1.807, 2.05) is 24.3 Å². The molecule has 2 aliphatic rings. The van der Waals surface area contributed by atoms with Crippen LogP contribution in [0, 0.1) is 35.1 Å². The number of hydrogen-bond acceptors (Lipinski definition) is 8. The highest BCUT2D eigenvalue weighted by molar-refractivity contribution is 6.04. The van der Waals surface area contributed by atoms with Crippen LogP contribution in [0.25, 0.3) is 0 Å². The lowest BCUT2D eigenvalue weighted by atomic mass is 9.78. The molecule has 6 aromatic carbocycles. The standard InChI is InChI=1S/C58H58F4N4O8/c59-43-15-7-39(8-16-43)3-1-5-51-55(65(57(51)69)47-23-19-45(61)20-24-47)41-11-27-49(28-12-41)73-37-53(67)63-31-33-71-35-36-72-34-32-64-54(68)38-74-50-29-13-42(14-30-50)56-52(6-2-4-40-9-17-44(60)18-10-40)58(70)66(56)48-25-21-46(62)22-26-48/h7-30,51-52,55-56H,1-6,31-38H2,(H,63,67)(H,64,68)/t51-,52-,55-,56-/m1/s1. The maximum Gasteiger partial charge on any atom is 0.258 e. The molecule has 0 aromatic heterocycles. The van der Waals surface area contributed by atoms with Gasteiger partial charge in [-0.3, -0.25) is 19.2 Å². The van der Waals surface area contributed by atoms with Crippen molar-refractivity contribution in [3.05, 3.63) is 191 Å². The number of amides is 4. The first-order valence-electron chi connectivity index (χ1n) is 24.8. The third-order valence-corrected chi connectivity index (χ3v) is 13.1. The van der Waals surface area contributed by atoms with Crippen LogP contribution in [0.5, 0.6) is 11.5 Å². The van der Waals surface area contributed by atoms with E-state index in [4.69, 9.17) is 18.9 Å². The van der Waals surface area contributed by atoms with E-state index in [2.05, 4.69) is 10.6 Å². The number of nitrogens with one attached hydrogen (secondary N) is 2. The van der Waals surface area contributed by atoms with Crippen LogP contribution in [0.2, 0.25) is 0 Å². The number of benzene rings is 6. The summed E-state index contributed by atoms with van der Waals surface area (Å²) in [6, 6.07) is 38.2. The molecule has 2 N–H and O–H groups in total. The number of anilines is 2. The van der Waals surface area contributed by atoms with Crippen molar-refractivity contribution < 1.29 is 55.7 Å². The van der Waals surface area contributed by atoms with Gasteiger partial charge in [-0.1, -0.05) is 48.5 Å². The quantitative estimate of drug-likeness (QED) is 0.0296. The lowest BCUT2D eigenvalue weighted by Gasteiger charge is -2.47. The third kappa shape index (κ3) is 14.1. The molecule has 6 aromatic rings. The van der Waals surface area contributed by atoms with Crippen LogP contribution in [0.15, 0.2) is 146 Å². The molecule has 0 aliphatic carbocycles. The van der Waals surface area contributed by atoms with E-state index >= 15 is 0 Å². The summed E-state index contributed by atoms with van der Waals surface area (Å²) in [5, 5.41) is 5.49. The Morgan fingerprint density at radius 3 is 1.14 bits per heavy atom. The first-order chi connectivity index (χ1) is 36.0. The number of hydrogen-bond donors (Lipinski definition) is 2. The molecule has 4 atom stereocenters. The van der Waals surface area contributed by atoms with Gasteiger partial charge in [0.25, 0.3) is 11.8 Å². The maximum atomic E-state index is 13.7. The summed E-state index contributed by atoms with van der Waals surface area (Å²) in [4.78, 5) is 55.1. The molecule has 12 nitrogen and oxygen atoms in total. The Hall–Kier alpha value is -7.56. The number of carbonyl (C=O) groups is 4. The van der Waals surface area contributed by atoms with Crippen LogP contribution in [0.3, 0.4) is 0 Å². The van der Waals surface area contributed by atoms with E-state index in [0.717, 1.165) is 35.1 Å². The van der Waals surface area contributed by atoms with Gasteiger partial charge in [-0.2, -0.15) is 0 Å². The smallest absolute Gasteiger partial charge is 0.258 e. The highest BCUT2D eigenvalue weighted by Gasteiger charge is 2.49. The normalized spacial score (nSPS) is 17.1. The fraction of sp³-hybridized carbons (Fsp3) is 0.310. The largest absolute Gasteiger partial charge is 0.484 e. The SMILES string of the molecule is O=C(COc1ccc([C@@H]2[C@@H](CCCc3ccc(F)cc3)C(=O)N2c2ccc(F)cc2)cc1)NCCOCCOCCNC(=O)COc1ccc([C@@H]2[C@@H](CCCc3ccc(F)cc3)C(=O)N2c2ccc(F)cc2)cc1. The van der Waals surface area contributed by atoms with Crippen molar-refractivity contribution >= 4 is 35.0 Å². The summed E-state index contributed by atoms with van der Waals surface area (Å²) >= 11 is 0. The van der Waals surface area contributed by atoms with Gasteiger partial charge in [0.05, 0.1) is 50.3 Å². The molecule has 2 saturated heterocycles.